The van der Waals surface area contributed by atoms with Crippen LogP contribution in [0.25, 0.3) is 0 Å². The van der Waals surface area contributed by atoms with Gasteiger partial charge in [-0.25, -0.2) is 4.39 Å². The second-order valence-corrected chi connectivity index (χ2v) is 4.67. The minimum atomic E-state index is -0.397. The van der Waals surface area contributed by atoms with Crippen molar-refractivity contribution in [3.8, 4) is 0 Å². The average molecular weight is 256 g/mol. The molecule has 1 aromatic carbocycles. The summed E-state index contributed by atoms with van der Waals surface area (Å²) in [5, 5.41) is 3.15. The molecule has 1 rings (SSSR count). The second-order valence-electron chi connectivity index (χ2n) is 3.65. The van der Waals surface area contributed by atoms with Crippen molar-refractivity contribution in [1.29, 1.82) is 0 Å². The number of carbonyl (C=O) groups is 1. The zero-order chi connectivity index (χ0) is 12.7. The fourth-order valence-corrected chi connectivity index (χ4v) is 2.20. The Hall–Kier alpha value is -1.07. The summed E-state index contributed by atoms with van der Waals surface area (Å²) in [4.78, 5) is 11.5. The maximum Gasteiger partial charge on any atom is 0.227 e. The molecule has 0 aliphatic rings. The third-order valence-corrected chi connectivity index (χ3v) is 3.30. The quantitative estimate of drug-likeness (QED) is 0.579. The van der Waals surface area contributed by atoms with Gasteiger partial charge in [0.05, 0.1) is 5.75 Å². The van der Waals surface area contributed by atoms with Gasteiger partial charge in [0.1, 0.15) is 5.82 Å². The van der Waals surface area contributed by atoms with Gasteiger partial charge < -0.3 is 11.1 Å². The Morgan fingerprint density at radius 1 is 1.53 bits per heavy atom. The molecular formula is C12H17FN2OS. The molecule has 0 saturated carbocycles. The summed E-state index contributed by atoms with van der Waals surface area (Å²) in [5.74, 6) is -0.473. The summed E-state index contributed by atoms with van der Waals surface area (Å²) >= 11 is 1.27. The molecular weight excluding hydrogens is 239 g/mol. The molecule has 94 valence electrons. The van der Waals surface area contributed by atoms with Gasteiger partial charge in [0.2, 0.25) is 5.91 Å². The second kappa shape index (κ2) is 7.29. The fourth-order valence-electron chi connectivity index (χ4n) is 1.38. The van der Waals surface area contributed by atoms with Crippen molar-refractivity contribution in [1.82, 2.24) is 5.32 Å². The van der Waals surface area contributed by atoms with Gasteiger partial charge in [-0.2, -0.15) is 0 Å². The Morgan fingerprint density at radius 2 is 2.29 bits per heavy atom. The summed E-state index contributed by atoms with van der Waals surface area (Å²) in [6, 6.07) is 4.87. The van der Waals surface area contributed by atoms with E-state index < -0.39 is 5.91 Å². The van der Waals surface area contributed by atoms with Gasteiger partial charge in [-0.05, 0) is 25.1 Å². The van der Waals surface area contributed by atoms with Crippen LogP contribution < -0.4 is 11.1 Å². The summed E-state index contributed by atoms with van der Waals surface area (Å²) in [5.41, 5.74) is 5.68. The van der Waals surface area contributed by atoms with Crippen molar-refractivity contribution >= 4 is 17.7 Å². The van der Waals surface area contributed by atoms with Crippen molar-refractivity contribution in [2.24, 2.45) is 5.73 Å². The summed E-state index contributed by atoms with van der Waals surface area (Å²) < 4.78 is 13.6. The van der Waals surface area contributed by atoms with Crippen molar-refractivity contribution in [3.05, 3.63) is 29.6 Å². The lowest BCUT2D eigenvalue weighted by Gasteiger charge is -2.10. The largest absolute Gasteiger partial charge is 0.369 e. The number of nitrogens with two attached hydrogens (primary N) is 1. The zero-order valence-corrected chi connectivity index (χ0v) is 10.6. The molecule has 0 atom stereocenters. The molecule has 0 aromatic heterocycles. The number of primary amides is 1. The molecule has 0 saturated heterocycles. The molecule has 3 N–H and O–H groups in total. The molecule has 0 aliphatic carbocycles. The SMILES string of the molecule is CCCNCc1c(F)cccc1SCC(N)=O. The van der Waals surface area contributed by atoms with Gasteiger partial charge in [0, 0.05) is 17.0 Å². The lowest BCUT2D eigenvalue weighted by Crippen LogP contribution is -2.16. The van der Waals surface area contributed by atoms with Crippen LogP contribution >= 0.6 is 11.8 Å². The third-order valence-electron chi connectivity index (χ3n) is 2.17. The Bertz CT molecular complexity index is 385. The number of hydrogen-bond donors (Lipinski definition) is 2. The van der Waals surface area contributed by atoms with E-state index >= 15 is 0 Å². The van der Waals surface area contributed by atoms with Gasteiger partial charge in [0.15, 0.2) is 0 Å². The minimum Gasteiger partial charge on any atom is -0.369 e. The lowest BCUT2D eigenvalue weighted by molar-refractivity contribution is -0.115. The van der Waals surface area contributed by atoms with Crippen LogP contribution in [0.5, 0.6) is 0 Å². The number of halogens is 1. The predicted molar refractivity (Wildman–Crippen MR) is 68.3 cm³/mol. The number of benzene rings is 1. The van der Waals surface area contributed by atoms with E-state index in [1.807, 2.05) is 0 Å². The number of carbonyl (C=O) groups excluding carboxylic acids is 1. The van der Waals surface area contributed by atoms with E-state index in [4.69, 9.17) is 5.73 Å². The maximum atomic E-state index is 13.6. The van der Waals surface area contributed by atoms with Crippen LogP contribution in [0.3, 0.4) is 0 Å². The standard InChI is InChI=1S/C12H17FN2OS/c1-2-6-15-7-9-10(13)4-3-5-11(9)17-8-12(14)16/h3-5,15H,2,6-8H2,1H3,(H2,14,16). The van der Waals surface area contributed by atoms with Crippen molar-refractivity contribution in [2.45, 2.75) is 24.8 Å². The van der Waals surface area contributed by atoms with Crippen LogP contribution in [-0.2, 0) is 11.3 Å². The van der Waals surface area contributed by atoms with Crippen LogP contribution in [-0.4, -0.2) is 18.2 Å². The Morgan fingerprint density at radius 3 is 2.94 bits per heavy atom. The Labute approximate surface area is 105 Å². The molecule has 0 radical (unpaired) electrons. The molecule has 0 spiro atoms. The number of amides is 1. The van der Waals surface area contributed by atoms with Crippen LogP contribution in [0, 0.1) is 5.82 Å². The van der Waals surface area contributed by atoms with Crippen molar-refractivity contribution in [3.63, 3.8) is 0 Å². The van der Waals surface area contributed by atoms with Crippen molar-refractivity contribution < 1.29 is 9.18 Å². The number of thioether (sulfide) groups is 1. The Balaban J connectivity index is 2.73. The molecule has 1 aromatic rings. The summed E-state index contributed by atoms with van der Waals surface area (Å²) in [7, 11) is 0. The molecule has 0 bridgehead atoms. The molecule has 0 unspecified atom stereocenters. The molecule has 0 heterocycles. The normalized spacial score (nSPS) is 10.5. The number of rotatable bonds is 7. The first kappa shape index (κ1) is 14.0. The van der Waals surface area contributed by atoms with Crippen LogP contribution in [0.1, 0.15) is 18.9 Å². The molecule has 3 nitrogen and oxygen atoms in total. The van der Waals surface area contributed by atoms with E-state index in [1.165, 1.54) is 17.8 Å². The highest BCUT2D eigenvalue weighted by atomic mass is 32.2. The summed E-state index contributed by atoms with van der Waals surface area (Å²) in [6.07, 6.45) is 0.998. The van der Waals surface area contributed by atoms with Gasteiger partial charge in [-0.3, -0.25) is 4.79 Å². The smallest absolute Gasteiger partial charge is 0.227 e. The first-order valence-electron chi connectivity index (χ1n) is 5.54. The third kappa shape index (κ3) is 4.75. The topological polar surface area (TPSA) is 55.1 Å². The van der Waals surface area contributed by atoms with Crippen LogP contribution in [0.4, 0.5) is 4.39 Å². The molecule has 0 fully saturated rings. The van der Waals surface area contributed by atoms with Crippen LogP contribution in [0.15, 0.2) is 23.1 Å². The lowest BCUT2D eigenvalue weighted by atomic mass is 10.2. The van der Waals surface area contributed by atoms with E-state index in [0.717, 1.165) is 17.9 Å². The van der Waals surface area contributed by atoms with E-state index in [-0.39, 0.29) is 11.6 Å². The van der Waals surface area contributed by atoms with Gasteiger partial charge in [-0.1, -0.05) is 13.0 Å². The average Bonchev–Trinajstić information content (AvgIpc) is 2.29. The van der Waals surface area contributed by atoms with E-state index in [0.29, 0.717) is 12.1 Å². The predicted octanol–water partition coefficient (Wildman–Crippen LogP) is 1.90. The Kier molecular flexibility index (Phi) is 6.00. The summed E-state index contributed by atoms with van der Waals surface area (Å²) in [6.45, 7) is 3.37. The molecule has 1 amide bonds. The minimum absolute atomic E-state index is 0.171. The van der Waals surface area contributed by atoms with E-state index in [1.54, 1.807) is 12.1 Å². The molecule has 5 heteroatoms. The monoisotopic (exact) mass is 256 g/mol. The first-order chi connectivity index (χ1) is 8.15. The highest BCUT2D eigenvalue weighted by molar-refractivity contribution is 8.00. The fraction of sp³-hybridized carbons (Fsp3) is 0.417. The molecule has 0 aliphatic heterocycles. The van der Waals surface area contributed by atoms with Gasteiger partial charge in [0.25, 0.3) is 0 Å². The van der Waals surface area contributed by atoms with Crippen molar-refractivity contribution in [2.75, 3.05) is 12.3 Å². The van der Waals surface area contributed by atoms with E-state index in [2.05, 4.69) is 12.2 Å². The van der Waals surface area contributed by atoms with Gasteiger partial charge >= 0.3 is 0 Å². The van der Waals surface area contributed by atoms with E-state index in [9.17, 15) is 9.18 Å². The van der Waals surface area contributed by atoms with Gasteiger partial charge in [-0.15, -0.1) is 11.8 Å². The van der Waals surface area contributed by atoms with Crippen LogP contribution in [0.2, 0.25) is 0 Å². The zero-order valence-electron chi connectivity index (χ0n) is 9.83. The first-order valence-corrected chi connectivity index (χ1v) is 6.53. The molecule has 17 heavy (non-hydrogen) atoms. The number of hydrogen-bond acceptors (Lipinski definition) is 3. The highest BCUT2D eigenvalue weighted by Crippen LogP contribution is 2.24. The highest BCUT2D eigenvalue weighted by Gasteiger charge is 2.09. The maximum absolute atomic E-state index is 13.6. The number of nitrogens with one attached hydrogen (secondary N) is 1.